The number of carbonyl (C=O) groups excluding carboxylic acids is 1. The fourth-order valence-electron chi connectivity index (χ4n) is 4.18. The predicted octanol–water partition coefficient (Wildman–Crippen LogP) is 6.84. The van der Waals surface area contributed by atoms with Crippen molar-refractivity contribution in [1.29, 1.82) is 0 Å². The van der Waals surface area contributed by atoms with Crippen LogP contribution in [0.1, 0.15) is 35.9 Å². The number of amides is 1. The molecule has 176 valence electrons. The number of aromatic nitrogens is 2. The van der Waals surface area contributed by atoms with Gasteiger partial charge in [0.05, 0.1) is 11.2 Å². The molecule has 0 unspecified atom stereocenters. The molecule has 5 rings (SSSR count). The smallest absolute Gasteiger partial charge is 0.293 e. The fraction of sp³-hybridized carbons (Fsp3) is 0.129. The van der Waals surface area contributed by atoms with E-state index in [2.05, 4.69) is 42.2 Å². The Balaban J connectivity index is 1.60. The lowest BCUT2D eigenvalue weighted by molar-refractivity contribution is 0.101. The minimum atomic E-state index is -0.374. The molecule has 1 N–H and O–H groups in total. The Bertz CT molecular complexity index is 1610. The van der Waals surface area contributed by atoms with E-state index in [1.54, 1.807) is 6.07 Å². The second-order valence-corrected chi connectivity index (χ2v) is 8.83. The summed E-state index contributed by atoms with van der Waals surface area (Å²) < 4.78 is 5.63. The first-order chi connectivity index (χ1) is 17.5. The van der Waals surface area contributed by atoms with Crippen LogP contribution in [0.25, 0.3) is 32.9 Å². The highest BCUT2D eigenvalue weighted by molar-refractivity contribution is 6.08. The van der Waals surface area contributed by atoms with Crippen LogP contribution in [0.15, 0.2) is 84.9 Å². The first-order valence-corrected chi connectivity index (χ1v) is 11.8. The SMILES string of the molecule is C#CCOc1ccc2nc(C(=O)Nc3cccc4ccccc34)nc(-c3ccc(C(C)C)cc3)c2c1. The summed E-state index contributed by atoms with van der Waals surface area (Å²) in [6, 6.07) is 27.4. The Morgan fingerprint density at radius 3 is 2.50 bits per heavy atom. The van der Waals surface area contributed by atoms with E-state index in [-0.39, 0.29) is 18.3 Å². The van der Waals surface area contributed by atoms with Crippen molar-refractivity contribution < 1.29 is 9.53 Å². The molecule has 0 bridgehead atoms. The molecule has 4 aromatic carbocycles. The van der Waals surface area contributed by atoms with Crippen LogP contribution < -0.4 is 10.1 Å². The average molecular weight is 472 g/mol. The molecular formula is C31H25N3O2. The van der Waals surface area contributed by atoms with Crippen LogP contribution in [0.5, 0.6) is 5.75 Å². The van der Waals surface area contributed by atoms with Crippen LogP contribution in [-0.2, 0) is 0 Å². The molecule has 0 spiro atoms. The number of hydrogen-bond acceptors (Lipinski definition) is 4. The van der Waals surface area contributed by atoms with Gasteiger partial charge >= 0.3 is 0 Å². The van der Waals surface area contributed by atoms with Gasteiger partial charge in [-0.3, -0.25) is 4.79 Å². The fourth-order valence-corrected chi connectivity index (χ4v) is 4.18. The lowest BCUT2D eigenvalue weighted by Crippen LogP contribution is -2.16. The molecule has 0 aliphatic heterocycles. The molecule has 0 aliphatic rings. The average Bonchev–Trinajstić information content (AvgIpc) is 2.91. The highest BCUT2D eigenvalue weighted by atomic mass is 16.5. The van der Waals surface area contributed by atoms with Gasteiger partial charge in [0.15, 0.2) is 0 Å². The van der Waals surface area contributed by atoms with Crippen molar-refractivity contribution in [2.75, 3.05) is 11.9 Å². The van der Waals surface area contributed by atoms with Gasteiger partial charge in [-0.05, 0) is 41.1 Å². The number of terminal acetylenes is 1. The third-order valence-electron chi connectivity index (χ3n) is 6.08. The molecule has 0 aliphatic carbocycles. The molecule has 5 aromatic rings. The first-order valence-electron chi connectivity index (χ1n) is 11.8. The zero-order chi connectivity index (χ0) is 25.1. The lowest BCUT2D eigenvalue weighted by Gasteiger charge is -2.13. The Morgan fingerprint density at radius 2 is 1.72 bits per heavy atom. The Hall–Kier alpha value is -4.69. The lowest BCUT2D eigenvalue weighted by atomic mass is 9.99. The van der Waals surface area contributed by atoms with Gasteiger partial charge in [-0.15, -0.1) is 6.42 Å². The van der Waals surface area contributed by atoms with Crippen LogP contribution in [0.2, 0.25) is 0 Å². The molecule has 5 nitrogen and oxygen atoms in total. The Labute approximate surface area is 210 Å². The number of ether oxygens (including phenoxy) is 1. The number of benzene rings is 4. The van der Waals surface area contributed by atoms with Gasteiger partial charge in [0.2, 0.25) is 5.82 Å². The molecule has 1 aromatic heterocycles. The van der Waals surface area contributed by atoms with Gasteiger partial charge in [0.1, 0.15) is 12.4 Å². The summed E-state index contributed by atoms with van der Waals surface area (Å²) in [5, 5.41) is 5.77. The van der Waals surface area contributed by atoms with Crippen LogP contribution in [0.4, 0.5) is 5.69 Å². The van der Waals surface area contributed by atoms with Gasteiger partial charge in [0, 0.05) is 22.0 Å². The number of fused-ring (bicyclic) bond motifs is 2. The molecule has 0 saturated carbocycles. The number of nitrogens with one attached hydrogen (secondary N) is 1. The number of rotatable bonds is 6. The number of nitrogens with zero attached hydrogens (tertiary/aromatic N) is 2. The van der Waals surface area contributed by atoms with E-state index >= 15 is 0 Å². The van der Waals surface area contributed by atoms with E-state index in [1.807, 2.05) is 66.7 Å². The molecule has 5 heteroatoms. The summed E-state index contributed by atoms with van der Waals surface area (Å²) in [5.74, 6) is 3.23. The van der Waals surface area contributed by atoms with Crippen LogP contribution in [0.3, 0.4) is 0 Å². The van der Waals surface area contributed by atoms with E-state index in [4.69, 9.17) is 16.1 Å². The summed E-state index contributed by atoms with van der Waals surface area (Å²) in [5.41, 5.74) is 4.13. The maximum atomic E-state index is 13.4. The van der Waals surface area contributed by atoms with Gasteiger partial charge in [-0.2, -0.15) is 0 Å². The van der Waals surface area contributed by atoms with Crippen LogP contribution in [-0.4, -0.2) is 22.5 Å². The van der Waals surface area contributed by atoms with Crippen molar-refractivity contribution in [3.05, 3.63) is 96.3 Å². The van der Waals surface area contributed by atoms with Crippen molar-refractivity contribution in [3.63, 3.8) is 0 Å². The highest BCUT2D eigenvalue weighted by Gasteiger charge is 2.17. The molecule has 0 saturated heterocycles. The minimum Gasteiger partial charge on any atom is -0.481 e. The van der Waals surface area contributed by atoms with Crippen molar-refractivity contribution in [1.82, 2.24) is 9.97 Å². The van der Waals surface area contributed by atoms with Gasteiger partial charge in [-0.25, -0.2) is 9.97 Å². The third-order valence-corrected chi connectivity index (χ3v) is 6.08. The normalized spacial score (nSPS) is 10.9. The van der Waals surface area contributed by atoms with Gasteiger partial charge < -0.3 is 10.1 Å². The quantitative estimate of drug-likeness (QED) is 0.276. The Kier molecular flexibility index (Phi) is 6.34. The third kappa shape index (κ3) is 4.62. The molecular weight excluding hydrogens is 446 g/mol. The van der Waals surface area contributed by atoms with E-state index in [0.717, 1.165) is 21.7 Å². The monoisotopic (exact) mass is 471 g/mol. The van der Waals surface area contributed by atoms with E-state index in [9.17, 15) is 4.79 Å². The Morgan fingerprint density at radius 1 is 0.944 bits per heavy atom. The van der Waals surface area contributed by atoms with E-state index < -0.39 is 0 Å². The molecule has 1 heterocycles. The molecule has 1 amide bonds. The van der Waals surface area contributed by atoms with Gasteiger partial charge in [0.25, 0.3) is 5.91 Å². The van der Waals surface area contributed by atoms with Crippen molar-refractivity contribution in [2.45, 2.75) is 19.8 Å². The van der Waals surface area contributed by atoms with Crippen LogP contribution >= 0.6 is 0 Å². The topological polar surface area (TPSA) is 64.1 Å². The summed E-state index contributed by atoms with van der Waals surface area (Å²) in [7, 11) is 0. The standard InChI is InChI=1S/C31H25N3O2/c1-4-18-36-24-16-17-28-26(19-24)29(23-14-12-21(13-15-23)20(2)3)34-30(32-28)31(35)33-27-11-7-9-22-8-5-6-10-25(22)27/h1,5-17,19-20H,18H2,2-3H3,(H,33,35). The number of hydrogen-bond donors (Lipinski definition) is 1. The largest absolute Gasteiger partial charge is 0.481 e. The minimum absolute atomic E-state index is 0.0932. The van der Waals surface area contributed by atoms with E-state index in [0.29, 0.717) is 28.6 Å². The molecule has 0 fully saturated rings. The second-order valence-electron chi connectivity index (χ2n) is 8.83. The van der Waals surface area contributed by atoms with Gasteiger partial charge in [-0.1, -0.05) is 80.4 Å². The van der Waals surface area contributed by atoms with E-state index in [1.165, 1.54) is 5.56 Å². The number of carbonyl (C=O) groups is 1. The highest BCUT2D eigenvalue weighted by Crippen LogP contribution is 2.31. The summed E-state index contributed by atoms with van der Waals surface area (Å²) in [4.78, 5) is 22.7. The molecule has 0 atom stereocenters. The maximum Gasteiger partial charge on any atom is 0.293 e. The zero-order valence-electron chi connectivity index (χ0n) is 20.2. The van der Waals surface area contributed by atoms with Crippen molar-refractivity contribution >= 4 is 33.3 Å². The van der Waals surface area contributed by atoms with Crippen molar-refractivity contribution in [3.8, 4) is 29.4 Å². The summed E-state index contributed by atoms with van der Waals surface area (Å²) >= 11 is 0. The molecule has 0 radical (unpaired) electrons. The maximum absolute atomic E-state index is 13.4. The first kappa shape index (κ1) is 23.1. The predicted molar refractivity (Wildman–Crippen MR) is 145 cm³/mol. The number of anilines is 1. The van der Waals surface area contributed by atoms with Crippen molar-refractivity contribution in [2.24, 2.45) is 0 Å². The summed E-state index contributed by atoms with van der Waals surface area (Å²) in [6.45, 7) is 4.47. The zero-order valence-corrected chi connectivity index (χ0v) is 20.2. The molecule has 36 heavy (non-hydrogen) atoms. The van der Waals surface area contributed by atoms with Crippen LogP contribution in [0, 0.1) is 12.3 Å². The summed E-state index contributed by atoms with van der Waals surface area (Å²) in [6.07, 6.45) is 5.36. The second kappa shape index (κ2) is 9.89.